The minimum absolute atomic E-state index is 0.344. The summed E-state index contributed by atoms with van der Waals surface area (Å²) in [4.78, 5) is 0. The zero-order valence-corrected chi connectivity index (χ0v) is 13.4. The van der Waals surface area contributed by atoms with Crippen LogP contribution in [0.3, 0.4) is 0 Å². The van der Waals surface area contributed by atoms with Crippen LogP contribution in [0.25, 0.3) is 0 Å². The van der Waals surface area contributed by atoms with Crippen molar-refractivity contribution in [2.75, 3.05) is 6.61 Å². The van der Waals surface area contributed by atoms with Crippen LogP contribution in [0.2, 0.25) is 0 Å². The van der Waals surface area contributed by atoms with E-state index in [9.17, 15) is 0 Å². The first kappa shape index (κ1) is 13.5. The maximum atomic E-state index is 5.59. The van der Waals surface area contributed by atoms with E-state index in [0.717, 1.165) is 17.9 Å². The summed E-state index contributed by atoms with van der Waals surface area (Å²) in [5, 5.41) is 0. The van der Waals surface area contributed by atoms with Gasteiger partial charge >= 0.3 is 0 Å². The van der Waals surface area contributed by atoms with Crippen molar-refractivity contribution in [3.05, 3.63) is 29.8 Å². The SMILES string of the molecule is CC(C)COc1ccc(C(Br)(Br)Br)cc1. The number of rotatable bonds is 3. The van der Waals surface area contributed by atoms with Gasteiger partial charge in [0.05, 0.1) is 6.61 Å². The van der Waals surface area contributed by atoms with Crippen molar-refractivity contribution in [2.24, 2.45) is 5.92 Å². The van der Waals surface area contributed by atoms with Crippen LogP contribution in [0.4, 0.5) is 0 Å². The van der Waals surface area contributed by atoms with E-state index in [0.29, 0.717) is 5.92 Å². The van der Waals surface area contributed by atoms with Crippen LogP contribution in [-0.4, -0.2) is 6.61 Å². The number of hydrogen-bond acceptors (Lipinski definition) is 1. The van der Waals surface area contributed by atoms with E-state index in [2.05, 4.69) is 61.6 Å². The van der Waals surface area contributed by atoms with Crippen molar-refractivity contribution >= 4 is 47.8 Å². The van der Waals surface area contributed by atoms with Gasteiger partial charge < -0.3 is 4.74 Å². The van der Waals surface area contributed by atoms with Crippen molar-refractivity contribution in [2.45, 2.75) is 16.0 Å². The minimum atomic E-state index is -0.344. The molecule has 0 atom stereocenters. The average Bonchev–Trinajstić information content (AvgIpc) is 2.14. The Labute approximate surface area is 116 Å². The summed E-state index contributed by atoms with van der Waals surface area (Å²) in [6.45, 7) is 5.02. The molecule has 1 nitrogen and oxygen atoms in total. The molecule has 0 aliphatic rings. The molecule has 0 saturated heterocycles. The monoisotopic (exact) mass is 398 g/mol. The lowest BCUT2D eigenvalue weighted by atomic mass is 10.2. The molecule has 15 heavy (non-hydrogen) atoms. The van der Waals surface area contributed by atoms with Gasteiger partial charge in [0.1, 0.15) is 5.75 Å². The third kappa shape index (κ3) is 4.87. The van der Waals surface area contributed by atoms with E-state index in [-0.39, 0.29) is 2.14 Å². The fourth-order valence-electron chi connectivity index (χ4n) is 1.00. The molecular formula is C11H13Br3O. The maximum Gasteiger partial charge on any atom is 0.159 e. The first-order chi connectivity index (χ1) is 6.89. The van der Waals surface area contributed by atoms with Crippen LogP contribution in [0.5, 0.6) is 5.75 Å². The molecule has 1 aromatic carbocycles. The van der Waals surface area contributed by atoms with Crippen molar-refractivity contribution in [1.29, 1.82) is 0 Å². The topological polar surface area (TPSA) is 9.23 Å². The zero-order chi connectivity index (χ0) is 11.5. The van der Waals surface area contributed by atoms with Gasteiger partial charge in [-0.05, 0) is 23.6 Å². The molecule has 0 bridgehead atoms. The molecule has 0 unspecified atom stereocenters. The fraction of sp³-hybridized carbons (Fsp3) is 0.455. The van der Waals surface area contributed by atoms with Crippen LogP contribution in [0.1, 0.15) is 19.4 Å². The average molecular weight is 401 g/mol. The van der Waals surface area contributed by atoms with E-state index >= 15 is 0 Å². The summed E-state index contributed by atoms with van der Waals surface area (Å²) in [5.41, 5.74) is 1.10. The van der Waals surface area contributed by atoms with Crippen molar-refractivity contribution in [1.82, 2.24) is 0 Å². The second-order valence-corrected chi connectivity index (χ2v) is 10.5. The number of alkyl halides is 3. The van der Waals surface area contributed by atoms with E-state index in [1.165, 1.54) is 0 Å². The number of ether oxygens (including phenoxy) is 1. The Kier molecular flexibility index (Phi) is 5.13. The Morgan fingerprint density at radius 2 is 1.67 bits per heavy atom. The summed E-state index contributed by atoms with van der Waals surface area (Å²) >= 11 is 10.4. The highest BCUT2D eigenvalue weighted by Crippen LogP contribution is 2.44. The fourth-order valence-corrected chi connectivity index (χ4v) is 1.80. The van der Waals surface area contributed by atoms with Gasteiger partial charge in [0.2, 0.25) is 0 Å². The molecular weight excluding hydrogens is 388 g/mol. The van der Waals surface area contributed by atoms with Gasteiger partial charge in [-0.3, -0.25) is 0 Å². The third-order valence-electron chi connectivity index (χ3n) is 1.76. The second kappa shape index (κ2) is 5.69. The van der Waals surface area contributed by atoms with Gasteiger partial charge in [-0.2, -0.15) is 0 Å². The standard InChI is InChI=1S/C11H13Br3O/c1-8(2)7-15-10-5-3-9(4-6-10)11(12,13)14/h3-6,8H,7H2,1-2H3. The highest BCUT2D eigenvalue weighted by molar-refractivity contribution is 9.38. The largest absolute Gasteiger partial charge is 0.493 e. The van der Waals surface area contributed by atoms with Gasteiger partial charge in [0.15, 0.2) is 2.14 Å². The van der Waals surface area contributed by atoms with E-state index in [1.807, 2.05) is 24.3 Å². The summed E-state index contributed by atoms with van der Waals surface area (Å²) < 4.78 is 5.25. The molecule has 4 heteroatoms. The molecule has 0 N–H and O–H groups in total. The molecule has 0 aromatic heterocycles. The Bertz CT molecular complexity index is 301. The lowest BCUT2D eigenvalue weighted by Gasteiger charge is -2.14. The Morgan fingerprint density at radius 1 is 1.13 bits per heavy atom. The van der Waals surface area contributed by atoms with Crippen molar-refractivity contribution < 1.29 is 4.74 Å². The quantitative estimate of drug-likeness (QED) is 0.647. The van der Waals surface area contributed by atoms with Crippen molar-refractivity contribution in [3.63, 3.8) is 0 Å². The molecule has 84 valence electrons. The highest BCUT2D eigenvalue weighted by Gasteiger charge is 2.20. The molecule has 0 radical (unpaired) electrons. The maximum absolute atomic E-state index is 5.59. The predicted molar refractivity (Wildman–Crippen MR) is 75.2 cm³/mol. The van der Waals surface area contributed by atoms with Gasteiger partial charge in [-0.25, -0.2) is 0 Å². The number of benzene rings is 1. The molecule has 0 aliphatic carbocycles. The van der Waals surface area contributed by atoms with E-state index in [4.69, 9.17) is 4.74 Å². The molecule has 1 rings (SSSR count). The Hall–Kier alpha value is 0.460. The lowest BCUT2D eigenvalue weighted by molar-refractivity contribution is 0.271. The molecule has 0 fully saturated rings. The summed E-state index contributed by atoms with van der Waals surface area (Å²) in [5.74, 6) is 1.46. The van der Waals surface area contributed by atoms with Gasteiger partial charge in [-0.1, -0.05) is 73.8 Å². The van der Waals surface area contributed by atoms with Crippen LogP contribution < -0.4 is 4.74 Å². The van der Waals surface area contributed by atoms with Crippen LogP contribution >= 0.6 is 47.8 Å². The molecule has 1 aromatic rings. The molecule has 0 heterocycles. The predicted octanol–water partition coefficient (Wildman–Crippen LogP) is 5.02. The van der Waals surface area contributed by atoms with E-state index in [1.54, 1.807) is 0 Å². The minimum Gasteiger partial charge on any atom is -0.493 e. The first-order valence-electron chi connectivity index (χ1n) is 4.69. The third-order valence-corrected chi connectivity index (χ3v) is 3.14. The highest BCUT2D eigenvalue weighted by atomic mass is 80.0. The number of hydrogen-bond donors (Lipinski definition) is 0. The zero-order valence-electron chi connectivity index (χ0n) is 8.64. The van der Waals surface area contributed by atoms with Crippen LogP contribution in [-0.2, 0) is 2.14 Å². The van der Waals surface area contributed by atoms with Gasteiger partial charge in [-0.15, -0.1) is 0 Å². The lowest BCUT2D eigenvalue weighted by Crippen LogP contribution is -2.04. The Balaban J connectivity index is 2.65. The van der Waals surface area contributed by atoms with Crippen LogP contribution in [0, 0.1) is 5.92 Å². The number of halogens is 3. The van der Waals surface area contributed by atoms with Crippen LogP contribution in [0.15, 0.2) is 24.3 Å². The Morgan fingerprint density at radius 3 is 2.07 bits per heavy atom. The molecule has 0 spiro atoms. The van der Waals surface area contributed by atoms with Gasteiger partial charge in [0, 0.05) is 0 Å². The normalized spacial score (nSPS) is 11.9. The van der Waals surface area contributed by atoms with Gasteiger partial charge in [0.25, 0.3) is 0 Å². The smallest absolute Gasteiger partial charge is 0.159 e. The van der Waals surface area contributed by atoms with Crippen molar-refractivity contribution in [3.8, 4) is 5.75 Å². The summed E-state index contributed by atoms with van der Waals surface area (Å²) in [6.07, 6.45) is 0. The molecule has 0 aliphatic heterocycles. The summed E-state index contributed by atoms with van der Waals surface area (Å²) in [6, 6.07) is 7.95. The summed E-state index contributed by atoms with van der Waals surface area (Å²) in [7, 11) is 0. The second-order valence-electron chi connectivity index (χ2n) is 3.73. The molecule has 0 amide bonds. The molecule has 0 saturated carbocycles. The van der Waals surface area contributed by atoms with E-state index < -0.39 is 0 Å². The first-order valence-corrected chi connectivity index (χ1v) is 7.07.